The van der Waals surface area contributed by atoms with Crippen molar-refractivity contribution in [3.05, 3.63) is 17.0 Å². The van der Waals surface area contributed by atoms with Gasteiger partial charge in [-0.2, -0.15) is 5.10 Å². The predicted molar refractivity (Wildman–Crippen MR) is 61.9 cm³/mol. The summed E-state index contributed by atoms with van der Waals surface area (Å²) in [7, 11) is 0. The molecule has 0 spiro atoms. The highest BCUT2D eigenvalue weighted by molar-refractivity contribution is 5.29. The number of hydrogen-bond acceptors (Lipinski definition) is 2. The van der Waals surface area contributed by atoms with Crippen molar-refractivity contribution in [1.82, 2.24) is 15.1 Å². The van der Waals surface area contributed by atoms with Crippen LogP contribution in [0, 0.1) is 0 Å². The van der Waals surface area contributed by atoms with Gasteiger partial charge in [-0.15, -0.1) is 0 Å². The number of nitrogens with one attached hydrogen (secondary N) is 1. The molecule has 3 nitrogen and oxygen atoms in total. The number of nitrogens with zero attached hydrogens (tertiary/aromatic N) is 2. The molecule has 1 aromatic heterocycles. The van der Waals surface area contributed by atoms with Crippen LogP contribution in [-0.2, 0) is 13.0 Å². The Kier molecular flexibility index (Phi) is 2.83. The summed E-state index contributed by atoms with van der Waals surface area (Å²) in [5.74, 6) is 0.525. The fraction of sp³-hybridized carbons (Fsp3) is 0.750. The second-order valence-electron chi connectivity index (χ2n) is 5.03. The minimum Gasteiger partial charge on any atom is -0.296 e. The number of aromatic nitrogens is 2. The third-order valence-electron chi connectivity index (χ3n) is 3.27. The van der Waals surface area contributed by atoms with E-state index < -0.39 is 0 Å². The van der Waals surface area contributed by atoms with Gasteiger partial charge >= 0.3 is 0 Å². The molecule has 0 fully saturated rings. The summed E-state index contributed by atoms with van der Waals surface area (Å²) >= 11 is 0. The number of fused-ring (bicyclic) bond motifs is 1. The van der Waals surface area contributed by atoms with Gasteiger partial charge in [0.05, 0.1) is 5.69 Å². The lowest BCUT2D eigenvalue weighted by atomic mass is 9.99. The van der Waals surface area contributed by atoms with Crippen LogP contribution in [0.2, 0.25) is 0 Å². The first-order valence-electron chi connectivity index (χ1n) is 5.89. The molecule has 15 heavy (non-hydrogen) atoms. The number of rotatable bonds is 2. The molecule has 84 valence electrons. The molecular weight excluding hydrogens is 186 g/mol. The maximum absolute atomic E-state index is 4.44. The van der Waals surface area contributed by atoms with Crippen molar-refractivity contribution >= 4 is 0 Å². The standard InChI is InChI=1S/C12H21N3/c1-8(2)12-10-7-15(9(3)4)6-5-11(10)13-14-12/h8-9H,5-7H2,1-4H3,(H,13,14). The van der Waals surface area contributed by atoms with E-state index >= 15 is 0 Å². The van der Waals surface area contributed by atoms with Crippen LogP contribution in [0.25, 0.3) is 0 Å². The summed E-state index contributed by atoms with van der Waals surface area (Å²) in [6, 6.07) is 0.632. The Bertz CT molecular complexity index is 339. The minimum absolute atomic E-state index is 0.525. The zero-order chi connectivity index (χ0) is 11.0. The topological polar surface area (TPSA) is 31.9 Å². The van der Waals surface area contributed by atoms with Gasteiger partial charge < -0.3 is 0 Å². The summed E-state index contributed by atoms with van der Waals surface area (Å²) < 4.78 is 0. The molecule has 0 atom stereocenters. The average Bonchev–Trinajstić information content (AvgIpc) is 2.59. The van der Waals surface area contributed by atoms with Crippen LogP contribution in [0.15, 0.2) is 0 Å². The van der Waals surface area contributed by atoms with Gasteiger partial charge in [0, 0.05) is 36.8 Å². The van der Waals surface area contributed by atoms with Crippen LogP contribution in [0.3, 0.4) is 0 Å². The van der Waals surface area contributed by atoms with E-state index in [0.717, 1.165) is 19.5 Å². The van der Waals surface area contributed by atoms with Gasteiger partial charge in [0.2, 0.25) is 0 Å². The lowest BCUT2D eigenvalue weighted by Crippen LogP contribution is -2.36. The van der Waals surface area contributed by atoms with E-state index in [4.69, 9.17) is 0 Å². The van der Waals surface area contributed by atoms with E-state index in [0.29, 0.717) is 12.0 Å². The van der Waals surface area contributed by atoms with Crippen LogP contribution in [-0.4, -0.2) is 27.7 Å². The normalized spacial score (nSPS) is 17.5. The Morgan fingerprint density at radius 2 is 2.00 bits per heavy atom. The van der Waals surface area contributed by atoms with Gasteiger partial charge in [0.1, 0.15) is 0 Å². The van der Waals surface area contributed by atoms with Crippen molar-refractivity contribution in [2.45, 2.75) is 52.6 Å². The molecule has 1 N–H and O–H groups in total. The monoisotopic (exact) mass is 207 g/mol. The molecule has 0 unspecified atom stereocenters. The van der Waals surface area contributed by atoms with Gasteiger partial charge in [-0.3, -0.25) is 10.00 Å². The Morgan fingerprint density at radius 3 is 2.60 bits per heavy atom. The third-order valence-corrected chi connectivity index (χ3v) is 3.27. The number of aromatic amines is 1. The van der Waals surface area contributed by atoms with E-state index in [-0.39, 0.29) is 0 Å². The molecule has 0 saturated carbocycles. The lowest BCUT2D eigenvalue weighted by molar-refractivity contribution is 0.202. The summed E-state index contributed by atoms with van der Waals surface area (Å²) in [6.45, 7) is 11.2. The molecule has 0 bridgehead atoms. The minimum atomic E-state index is 0.525. The Labute approximate surface area is 91.9 Å². The second kappa shape index (κ2) is 3.97. The van der Waals surface area contributed by atoms with E-state index in [1.54, 1.807) is 0 Å². The summed E-state index contributed by atoms with van der Waals surface area (Å²) in [4.78, 5) is 2.52. The number of hydrogen-bond donors (Lipinski definition) is 1. The molecule has 1 aliphatic heterocycles. The van der Waals surface area contributed by atoms with Crippen molar-refractivity contribution in [3.8, 4) is 0 Å². The Balaban J connectivity index is 2.26. The summed E-state index contributed by atoms with van der Waals surface area (Å²) in [6.07, 6.45) is 1.12. The maximum atomic E-state index is 4.44. The van der Waals surface area contributed by atoms with E-state index in [9.17, 15) is 0 Å². The fourth-order valence-electron chi connectivity index (χ4n) is 2.26. The van der Waals surface area contributed by atoms with E-state index in [2.05, 4.69) is 42.8 Å². The smallest absolute Gasteiger partial charge is 0.0695 e. The lowest BCUT2D eigenvalue weighted by Gasteiger charge is -2.30. The van der Waals surface area contributed by atoms with Crippen molar-refractivity contribution < 1.29 is 0 Å². The Hall–Kier alpha value is -0.830. The SMILES string of the molecule is CC(C)c1n[nH]c2c1CN(C(C)C)CC2. The third kappa shape index (κ3) is 1.93. The molecule has 1 aromatic rings. The predicted octanol–water partition coefficient (Wildman–Crippen LogP) is 2.30. The zero-order valence-electron chi connectivity index (χ0n) is 10.2. The second-order valence-corrected chi connectivity index (χ2v) is 5.03. The summed E-state index contributed by atoms with van der Waals surface area (Å²) in [5, 5.41) is 7.63. The highest BCUT2D eigenvalue weighted by Gasteiger charge is 2.24. The van der Waals surface area contributed by atoms with Crippen LogP contribution in [0.5, 0.6) is 0 Å². The van der Waals surface area contributed by atoms with E-state index in [1.807, 2.05) is 0 Å². The van der Waals surface area contributed by atoms with Gasteiger partial charge in [-0.1, -0.05) is 13.8 Å². The van der Waals surface area contributed by atoms with Gasteiger partial charge in [-0.25, -0.2) is 0 Å². The highest BCUT2D eigenvalue weighted by Crippen LogP contribution is 2.26. The first-order chi connectivity index (χ1) is 7.09. The van der Waals surface area contributed by atoms with Crippen molar-refractivity contribution in [1.29, 1.82) is 0 Å². The first kappa shape index (κ1) is 10.7. The van der Waals surface area contributed by atoms with Crippen LogP contribution in [0.4, 0.5) is 0 Å². The largest absolute Gasteiger partial charge is 0.296 e. The van der Waals surface area contributed by atoms with Crippen LogP contribution >= 0.6 is 0 Å². The van der Waals surface area contributed by atoms with Crippen molar-refractivity contribution in [3.63, 3.8) is 0 Å². The molecular formula is C12H21N3. The fourth-order valence-corrected chi connectivity index (χ4v) is 2.26. The van der Waals surface area contributed by atoms with E-state index in [1.165, 1.54) is 17.0 Å². The molecule has 2 heterocycles. The molecule has 0 aromatic carbocycles. The molecule has 0 aliphatic carbocycles. The molecule has 3 heteroatoms. The van der Waals surface area contributed by atoms with Crippen molar-refractivity contribution in [2.75, 3.05) is 6.54 Å². The zero-order valence-corrected chi connectivity index (χ0v) is 10.2. The highest BCUT2D eigenvalue weighted by atomic mass is 15.2. The summed E-state index contributed by atoms with van der Waals surface area (Å²) in [5.41, 5.74) is 4.07. The maximum Gasteiger partial charge on any atom is 0.0695 e. The molecule has 1 aliphatic rings. The van der Waals surface area contributed by atoms with Crippen molar-refractivity contribution in [2.24, 2.45) is 0 Å². The number of H-pyrrole nitrogens is 1. The van der Waals surface area contributed by atoms with Crippen LogP contribution < -0.4 is 0 Å². The van der Waals surface area contributed by atoms with Gasteiger partial charge in [-0.05, 0) is 19.8 Å². The molecule has 2 rings (SSSR count). The van der Waals surface area contributed by atoms with Gasteiger partial charge in [0.25, 0.3) is 0 Å². The molecule has 0 radical (unpaired) electrons. The van der Waals surface area contributed by atoms with Crippen LogP contribution in [0.1, 0.15) is 50.6 Å². The average molecular weight is 207 g/mol. The Morgan fingerprint density at radius 1 is 1.27 bits per heavy atom. The molecule has 0 saturated heterocycles. The molecule has 0 amide bonds. The van der Waals surface area contributed by atoms with Gasteiger partial charge in [0.15, 0.2) is 0 Å². The first-order valence-corrected chi connectivity index (χ1v) is 5.89. The quantitative estimate of drug-likeness (QED) is 0.807.